The van der Waals surface area contributed by atoms with Gasteiger partial charge in [-0.2, -0.15) is 20.4 Å². The normalized spacial score (nSPS) is 11.0. The van der Waals surface area contributed by atoms with Gasteiger partial charge in [-0.15, -0.1) is 5.10 Å². The van der Waals surface area contributed by atoms with Crippen LogP contribution < -0.4 is 101 Å². The number of nitrogens with zero attached hydrogens (tertiary/aromatic N) is 14. The maximum atomic E-state index is 11.5. The topological polar surface area (TPSA) is 704 Å². The van der Waals surface area contributed by atoms with E-state index in [1.807, 2.05) is 176 Å². The number of thiazole rings is 1. The molecule has 0 saturated carbocycles. The minimum atomic E-state index is -0.453. The largest absolute Gasteiger partial charge is 0.429 e. The zero-order chi connectivity index (χ0) is 99.9. The highest BCUT2D eigenvalue weighted by Gasteiger charge is 2.22. The number of H-pyrrole nitrogens is 5. The van der Waals surface area contributed by atoms with E-state index in [0.29, 0.717) is 100 Å². The number of hydrogen-bond donors (Lipinski definition) is 20. The van der Waals surface area contributed by atoms with Crippen LogP contribution >= 0.6 is 35.1 Å². The number of aromatic amines is 5. The first-order valence-corrected chi connectivity index (χ1v) is 45.0. The van der Waals surface area contributed by atoms with Crippen molar-refractivity contribution in [2.24, 2.45) is 28.0 Å². The lowest BCUT2D eigenvalue weighted by Crippen LogP contribution is -2.19. The number of oxazole rings is 2. The van der Waals surface area contributed by atoms with Gasteiger partial charge in [0.05, 0.1) is 63.0 Å². The molecule has 20 aromatic rings. The molecular formula is C97H108N34O6S3. The molecule has 0 spiro atoms. The standard InChI is InChI=1S/C10H11N3O.C9H9N3.C8H8N4.C8H7N3S.C8H8N2O.C7H8N4.C7H6N2O2.2C7H6N2OS.3C7H10N2.C5H9N3/c1-7-6-10(14)13(12-7)9-4-2-8(11)3-5-9;10-8-2-4-9(5-3-8)12-7-1-6-11-12;9-7-1-3-8(4-2-7)12-6-10-5-11-12;9-7-3-1-6(2-4-7)8-5-12-11-10-8;9-6-1-2-7-5(3-6)4-8(11)10-7;8-4-1-2-6-5(3-4)7(9)11-10-6;2*8-4-1-2-5-6(3-4)11-7(10)9-5;8-4-1-2-5-6(3-4)10-7(11)9-5;8-4-1-7-2-5-9-6-3-7;8-4-3-7-2-1-5-9-6-7;8-5-4-7-3-1-2-6-9-7;6-2-1-5-3-7-4-8-5/h2-5H,6,11H2,1H3;1-7H,10H2;1-6H,9H2;1-5H,9H2;1-3H,4,9H2,(H,10,11);1-3H,8H2,(H3,9,10,11);2*1-3H,8H2,(H,9,10);1-3H,8H2,(H,9,11);2-3,5-6H,1,4,8H2;1-2,5-6H,3-4,8H2;1-3,6H,4-5,8H2;3-4H,1-2,6H2,(H,7,8). The van der Waals surface area contributed by atoms with Crippen molar-refractivity contribution in [3.63, 3.8) is 0 Å². The van der Waals surface area contributed by atoms with Crippen molar-refractivity contribution >= 4 is 164 Å². The minimum absolute atomic E-state index is 0.00673. The van der Waals surface area contributed by atoms with Gasteiger partial charge in [0.15, 0.2) is 17.0 Å². The van der Waals surface area contributed by atoms with Gasteiger partial charge in [-0.05, 0) is 287 Å². The lowest BCUT2D eigenvalue weighted by molar-refractivity contribution is -0.117. The number of fused-ring (bicyclic) bond motifs is 5. The van der Waals surface area contributed by atoms with Gasteiger partial charge in [-0.25, -0.2) is 29.1 Å². The van der Waals surface area contributed by atoms with Gasteiger partial charge in [0.2, 0.25) is 5.91 Å². The number of carbonyl (C=O) groups excluding carboxylic acids is 2. The lowest BCUT2D eigenvalue weighted by Gasteiger charge is -2.11. The number of pyridine rings is 3. The van der Waals surface area contributed by atoms with Crippen molar-refractivity contribution < 1.29 is 18.4 Å². The average molecular weight is 1940 g/mol. The van der Waals surface area contributed by atoms with E-state index in [-0.39, 0.29) is 16.7 Å². The fourth-order valence-corrected chi connectivity index (χ4v) is 13.7. The molecule has 0 radical (unpaired) electrons. The van der Waals surface area contributed by atoms with Gasteiger partial charge in [0.1, 0.15) is 18.3 Å². The molecule has 0 unspecified atom stereocenters. The molecule has 2 aliphatic rings. The van der Waals surface area contributed by atoms with Crippen molar-refractivity contribution in [1.29, 1.82) is 0 Å². The van der Waals surface area contributed by atoms with E-state index in [1.165, 1.54) is 45.3 Å². The number of carbonyl (C=O) groups is 2. The molecular weight excluding hydrogens is 1830 g/mol. The molecule has 9 aromatic carbocycles. The predicted molar refractivity (Wildman–Crippen MR) is 564 cm³/mol. The Labute approximate surface area is 815 Å². The van der Waals surface area contributed by atoms with E-state index < -0.39 is 5.76 Å². The highest BCUT2D eigenvalue weighted by atomic mass is 32.1. The third-order valence-electron chi connectivity index (χ3n) is 19.0. The number of hydrogen-bond acceptors (Lipinski definition) is 34. The number of anilines is 12. The maximum absolute atomic E-state index is 11.5. The van der Waals surface area contributed by atoms with E-state index in [1.54, 1.807) is 144 Å². The molecule has 0 bridgehead atoms. The number of imidazole rings is 1. The number of nitrogens with one attached hydrogen (secondary N) is 6. The Hall–Kier alpha value is -17.9. The number of aromatic nitrogens is 17. The van der Waals surface area contributed by atoms with E-state index >= 15 is 0 Å². The van der Waals surface area contributed by atoms with Crippen LogP contribution in [-0.4, -0.2) is 128 Å². The van der Waals surface area contributed by atoms with Gasteiger partial charge >= 0.3 is 10.6 Å². The average Bonchev–Trinajstić information content (AvgIpc) is 1.68. The van der Waals surface area contributed by atoms with Crippen LogP contribution in [-0.2, 0) is 41.7 Å². The fourth-order valence-electron chi connectivity index (χ4n) is 12.2. The van der Waals surface area contributed by atoms with Gasteiger partial charge in [0.25, 0.3) is 10.7 Å². The number of hydrazone groups is 1. The maximum Gasteiger partial charge on any atom is 0.417 e. The molecule has 0 atom stereocenters. The molecule has 0 saturated heterocycles. The number of rotatable bonds is 12. The molecule has 43 heteroatoms. The van der Waals surface area contributed by atoms with Crippen LogP contribution in [0.4, 0.5) is 68.4 Å². The molecule has 140 heavy (non-hydrogen) atoms. The second kappa shape index (κ2) is 55.1. The van der Waals surface area contributed by atoms with E-state index in [4.69, 9.17) is 101 Å². The summed E-state index contributed by atoms with van der Waals surface area (Å²) in [5.74, 6) is 0.0933. The molecule has 34 N–H and O–H groups in total. The third-order valence-corrected chi connectivity index (χ3v) is 20.5. The summed E-state index contributed by atoms with van der Waals surface area (Å²) in [5.41, 5.74) is 99.5. The summed E-state index contributed by atoms with van der Waals surface area (Å²) in [6.45, 7) is 4.62. The Kier molecular flexibility index (Phi) is 41.0. The highest BCUT2D eigenvalue weighted by molar-refractivity contribution is 7.71. The van der Waals surface area contributed by atoms with Gasteiger partial charge in [-0.3, -0.25) is 39.4 Å². The van der Waals surface area contributed by atoms with Crippen LogP contribution in [0.5, 0.6) is 0 Å². The Morgan fingerprint density at radius 3 is 1.64 bits per heavy atom. The first-order valence-electron chi connectivity index (χ1n) is 43.0. The van der Waals surface area contributed by atoms with Crippen LogP contribution in [0, 0.1) is 4.84 Å². The SMILES string of the molecule is CC1=NN(c2ccc(N)cc2)C(=O)C1.NCCc1ccccn1.NCCc1cccnc1.NCCc1ccncc1.NCCc1cnc[nH]1.Nc1ccc(-c2csnn2)cc1.Nc1ccc(-n2cccn2)cc1.Nc1ccc(-n2cncn2)cc1.Nc1ccc2[nH]c(=O)oc2c1.Nc1ccc2[nH]c(=O)sc2c1.Nc1ccc2[nH]c(=S)oc2c1.Nc1ccc2[nH]nc(N)c2c1.Nc1ccc2c(c1)CC(=O)N2. The van der Waals surface area contributed by atoms with Crippen molar-refractivity contribution in [2.45, 2.75) is 45.4 Å². The number of nitrogens with two attached hydrogens (primary N) is 14. The second-order valence-corrected chi connectivity index (χ2v) is 31.8. The van der Waals surface area contributed by atoms with Crippen LogP contribution in [0.2, 0.25) is 0 Å². The summed E-state index contributed by atoms with van der Waals surface area (Å²) in [4.78, 5) is 74.7. The second-order valence-electron chi connectivity index (χ2n) is 29.8. The molecule has 0 aliphatic carbocycles. The van der Waals surface area contributed by atoms with Crippen LogP contribution in [0.3, 0.4) is 0 Å². The van der Waals surface area contributed by atoms with E-state index in [9.17, 15) is 19.2 Å². The van der Waals surface area contributed by atoms with Crippen LogP contribution in [0.25, 0.3) is 66.0 Å². The summed E-state index contributed by atoms with van der Waals surface area (Å²) in [6, 6.07) is 72.0. The summed E-state index contributed by atoms with van der Waals surface area (Å²) in [7, 11) is 0. The van der Waals surface area contributed by atoms with E-state index in [0.717, 1.165) is 126 Å². The fraction of sp³-hybridized carbons (Fsp3) is 0.113. The predicted octanol–water partition coefficient (Wildman–Crippen LogP) is 12.6. The number of benzene rings is 9. The molecule has 11 aromatic heterocycles. The van der Waals surface area contributed by atoms with Gasteiger partial charge < -0.3 is 109 Å². The summed E-state index contributed by atoms with van der Waals surface area (Å²) < 4.78 is 18.1. The van der Waals surface area contributed by atoms with Crippen LogP contribution in [0.15, 0.2) is 334 Å². The monoisotopic (exact) mass is 1940 g/mol. The zero-order valence-corrected chi connectivity index (χ0v) is 78.5. The van der Waals surface area contributed by atoms with E-state index in [2.05, 4.69) is 85.3 Å². The molecule has 720 valence electrons. The molecule has 0 fully saturated rings. The Morgan fingerprint density at radius 2 is 1.06 bits per heavy atom. The quantitative estimate of drug-likeness (QED) is 0.0399. The number of nitrogen functional groups attached to an aromatic ring is 10. The molecule has 13 heterocycles. The molecule has 40 nitrogen and oxygen atoms in total. The molecule has 22 rings (SSSR count). The van der Waals surface area contributed by atoms with Crippen molar-refractivity contribution in [3.05, 3.63) is 364 Å². The molecule has 2 amide bonds. The highest BCUT2D eigenvalue weighted by Crippen LogP contribution is 2.27. The Morgan fingerprint density at radius 1 is 0.479 bits per heavy atom. The zero-order valence-electron chi connectivity index (χ0n) is 76.0. The van der Waals surface area contributed by atoms with Crippen molar-refractivity contribution in [2.75, 3.05) is 93.8 Å². The summed E-state index contributed by atoms with van der Waals surface area (Å²) in [5, 5.41) is 29.7. The Bertz CT molecular complexity index is 6790. The van der Waals surface area contributed by atoms with Crippen molar-refractivity contribution in [3.8, 4) is 22.6 Å². The van der Waals surface area contributed by atoms with Crippen molar-refractivity contribution in [1.82, 2.24) is 84.2 Å². The van der Waals surface area contributed by atoms with Crippen LogP contribution in [0.1, 0.15) is 41.4 Å². The summed E-state index contributed by atoms with van der Waals surface area (Å²) >= 11 is 7.31. The van der Waals surface area contributed by atoms with Gasteiger partial charge in [0, 0.05) is 165 Å². The lowest BCUT2D eigenvalue weighted by atomic mass is 10.1. The smallest absolute Gasteiger partial charge is 0.417 e. The third kappa shape index (κ3) is 35.2. The summed E-state index contributed by atoms with van der Waals surface area (Å²) in [6.07, 6.45) is 23.7. The minimum Gasteiger partial charge on any atom is -0.429 e. The first kappa shape index (κ1) is 104. The first-order chi connectivity index (χ1) is 67.8. The number of amides is 2. The molecule has 2 aliphatic heterocycles. The Balaban J connectivity index is 0.000000157. The van der Waals surface area contributed by atoms with Gasteiger partial charge in [-0.1, -0.05) is 40.1 Å².